The molecule has 0 fully saturated rings. The molecule has 7 heteroatoms. The van der Waals surface area contributed by atoms with Crippen LogP contribution in [-0.4, -0.2) is 42.5 Å². The van der Waals surface area contributed by atoms with Crippen molar-refractivity contribution in [2.24, 2.45) is 0 Å². The third-order valence-corrected chi connectivity index (χ3v) is 3.87. The maximum absolute atomic E-state index is 12.6. The van der Waals surface area contributed by atoms with Gasteiger partial charge in [-0.05, 0) is 52.0 Å². The summed E-state index contributed by atoms with van der Waals surface area (Å²) in [4.78, 5) is 39.4. The highest BCUT2D eigenvalue weighted by molar-refractivity contribution is 6.08. The van der Waals surface area contributed by atoms with E-state index < -0.39 is 11.9 Å². The molecule has 0 saturated carbocycles. The van der Waals surface area contributed by atoms with Gasteiger partial charge in [0.1, 0.15) is 5.75 Å². The molecule has 1 heterocycles. The zero-order valence-corrected chi connectivity index (χ0v) is 15.9. The minimum atomic E-state index is -0.540. The van der Waals surface area contributed by atoms with Gasteiger partial charge in [-0.3, -0.25) is 4.79 Å². The minimum Gasteiger partial charge on any atom is -0.485 e. The molecule has 7 nitrogen and oxygen atoms in total. The summed E-state index contributed by atoms with van der Waals surface area (Å²) in [5.74, 6) is -0.868. The van der Waals surface area contributed by atoms with Crippen LogP contribution in [0.25, 0.3) is 0 Å². The van der Waals surface area contributed by atoms with E-state index in [1.165, 1.54) is 0 Å². The average molecular weight is 373 g/mol. The Kier molecular flexibility index (Phi) is 6.76. The Bertz CT molecular complexity index is 835. The number of ketones is 1. The molecule has 1 N–H and O–H groups in total. The lowest BCUT2D eigenvalue weighted by Gasteiger charge is -2.08. The number of aromatic amines is 1. The monoisotopic (exact) mass is 373 g/mol. The second-order valence-corrected chi connectivity index (χ2v) is 5.80. The SMILES string of the molecule is CCOC(=O)c1ccc(OCC(=O)c2c(C)[nH]c(C)c2C(=O)OCC)cc1. The molecule has 0 amide bonds. The molecule has 0 unspecified atom stereocenters. The quantitative estimate of drug-likeness (QED) is 0.564. The fourth-order valence-electron chi connectivity index (χ4n) is 2.71. The number of benzene rings is 1. The summed E-state index contributed by atoms with van der Waals surface area (Å²) in [6.45, 7) is 7.14. The molecule has 144 valence electrons. The summed E-state index contributed by atoms with van der Waals surface area (Å²) < 4.78 is 15.5. The van der Waals surface area contributed by atoms with Crippen LogP contribution in [0.15, 0.2) is 24.3 Å². The van der Waals surface area contributed by atoms with E-state index in [4.69, 9.17) is 14.2 Å². The zero-order chi connectivity index (χ0) is 20.0. The maximum atomic E-state index is 12.6. The lowest BCUT2D eigenvalue weighted by molar-refractivity contribution is 0.0515. The Balaban J connectivity index is 2.10. The van der Waals surface area contributed by atoms with Gasteiger partial charge in [0.2, 0.25) is 5.78 Å². The van der Waals surface area contributed by atoms with Crippen LogP contribution in [0.2, 0.25) is 0 Å². The van der Waals surface area contributed by atoms with Crippen molar-refractivity contribution in [3.8, 4) is 5.75 Å². The van der Waals surface area contributed by atoms with Gasteiger partial charge in [-0.25, -0.2) is 9.59 Å². The Labute approximate surface area is 157 Å². The number of esters is 2. The van der Waals surface area contributed by atoms with Gasteiger partial charge in [0.15, 0.2) is 6.61 Å². The highest BCUT2D eigenvalue weighted by Crippen LogP contribution is 2.21. The van der Waals surface area contributed by atoms with Crippen molar-refractivity contribution in [2.45, 2.75) is 27.7 Å². The van der Waals surface area contributed by atoms with Gasteiger partial charge in [-0.2, -0.15) is 0 Å². The smallest absolute Gasteiger partial charge is 0.340 e. The van der Waals surface area contributed by atoms with E-state index in [1.807, 2.05) is 0 Å². The number of aryl methyl sites for hydroxylation is 2. The summed E-state index contributed by atoms with van der Waals surface area (Å²) >= 11 is 0. The van der Waals surface area contributed by atoms with Gasteiger partial charge < -0.3 is 19.2 Å². The molecule has 1 aromatic carbocycles. The number of aromatic nitrogens is 1. The zero-order valence-electron chi connectivity index (χ0n) is 15.9. The highest BCUT2D eigenvalue weighted by atomic mass is 16.5. The van der Waals surface area contributed by atoms with Crippen LogP contribution in [0.5, 0.6) is 5.75 Å². The first kappa shape index (κ1) is 20.2. The Morgan fingerprint density at radius 3 is 2.00 bits per heavy atom. The number of Topliss-reactive ketones (excluding diaryl/α,β-unsaturated/α-hetero) is 1. The van der Waals surface area contributed by atoms with Crippen molar-refractivity contribution in [1.82, 2.24) is 4.98 Å². The molecule has 2 aromatic rings. The molecule has 0 radical (unpaired) electrons. The molecule has 1 aromatic heterocycles. The number of nitrogens with one attached hydrogen (secondary N) is 1. The third-order valence-electron chi connectivity index (χ3n) is 3.87. The van der Waals surface area contributed by atoms with Crippen molar-refractivity contribution in [2.75, 3.05) is 19.8 Å². The molecular formula is C20H23NO6. The Morgan fingerprint density at radius 1 is 0.852 bits per heavy atom. The van der Waals surface area contributed by atoms with Gasteiger partial charge in [-0.15, -0.1) is 0 Å². The van der Waals surface area contributed by atoms with Crippen LogP contribution < -0.4 is 4.74 Å². The van der Waals surface area contributed by atoms with Crippen LogP contribution in [0, 0.1) is 13.8 Å². The van der Waals surface area contributed by atoms with Gasteiger partial charge >= 0.3 is 11.9 Å². The average Bonchev–Trinajstić information content (AvgIpc) is 2.94. The fourth-order valence-corrected chi connectivity index (χ4v) is 2.71. The topological polar surface area (TPSA) is 94.7 Å². The number of carbonyl (C=O) groups excluding carboxylic acids is 3. The molecule has 0 saturated heterocycles. The summed E-state index contributed by atoms with van der Waals surface area (Å²) in [7, 11) is 0. The highest BCUT2D eigenvalue weighted by Gasteiger charge is 2.25. The van der Waals surface area contributed by atoms with Crippen LogP contribution in [-0.2, 0) is 9.47 Å². The van der Waals surface area contributed by atoms with Crippen molar-refractivity contribution in [1.29, 1.82) is 0 Å². The largest absolute Gasteiger partial charge is 0.485 e. The van der Waals surface area contributed by atoms with Crippen LogP contribution in [0.4, 0.5) is 0 Å². The van der Waals surface area contributed by atoms with Crippen molar-refractivity contribution < 1.29 is 28.6 Å². The second-order valence-electron chi connectivity index (χ2n) is 5.80. The first-order valence-electron chi connectivity index (χ1n) is 8.68. The van der Waals surface area contributed by atoms with Crippen molar-refractivity contribution >= 4 is 17.7 Å². The van der Waals surface area contributed by atoms with Crippen molar-refractivity contribution in [3.05, 3.63) is 52.3 Å². The first-order chi connectivity index (χ1) is 12.9. The number of ether oxygens (including phenoxy) is 3. The van der Waals surface area contributed by atoms with E-state index >= 15 is 0 Å². The number of carbonyl (C=O) groups is 3. The molecule has 0 spiro atoms. The normalized spacial score (nSPS) is 10.4. The molecule has 0 atom stereocenters. The van der Waals surface area contributed by atoms with E-state index in [0.29, 0.717) is 29.3 Å². The van der Waals surface area contributed by atoms with E-state index in [9.17, 15) is 14.4 Å². The maximum Gasteiger partial charge on any atom is 0.340 e. The van der Waals surface area contributed by atoms with Gasteiger partial charge in [0.25, 0.3) is 0 Å². The van der Waals surface area contributed by atoms with Crippen LogP contribution in [0.3, 0.4) is 0 Å². The summed E-state index contributed by atoms with van der Waals surface area (Å²) in [5, 5.41) is 0. The molecule has 0 bridgehead atoms. The van der Waals surface area contributed by atoms with Gasteiger partial charge in [-0.1, -0.05) is 0 Å². The van der Waals surface area contributed by atoms with Gasteiger partial charge in [0, 0.05) is 11.4 Å². The number of H-pyrrole nitrogens is 1. The molecule has 0 aliphatic heterocycles. The summed E-state index contributed by atoms with van der Waals surface area (Å²) in [6.07, 6.45) is 0. The molecule has 0 aliphatic rings. The lowest BCUT2D eigenvalue weighted by Crippen LogP contribution is -2.17. The van der Waals surface area contributed by atoms with Crippen LogP contribution >= 0.6 is 0 Å². The van der Waals surface area contributed by atoms with Gasteiger partial charge in [0.05, 0.1) is 29.9 Å². The number of hydrogen-bond acceptors (Lipinski definition) is 6. The fraction of sp³-hybridized carbons (Fsp3) is 0.350. The predicted octanol–water partition coefficient (Wildman–Crippen LogP) is 3.25. The molecule has 0 aliphatic carbocycles. The molecule has 27 heavy (non-hydrogen) atoms. The van der Waals surface area contributed by atoms with E-state index in [1.54, 1.807) is 52.0 Å². The minimum absolute atomic E-state index is 0.222. The number of hydrogen-bond donors (Lipinski definition) is 1. The summed E-state index contributed by atoms with van der Waals surface area (Å²) in [5.41, 5.74) is 2.07. The Hall–Kier alpha value is -3.09. The van der Waals surface area contributed by atoms with Crippen LogP contribution in [0.1, 0.15) is 56.3 Å². The molecule has 2 rings (SSSR count). The van der Waals surface area contributed by atoms with E-state index in [-0.39, 0.29) is 30.1 Å². The number of rotatable bonds is 8. The van der Waals surface area contributed by atoms with E-state index in [2.05, 4.69) is 4.98 Å². The lowest BCUT2D eigenvalue weighted by atomic mass is 10.1. The first-order valence-corrected chi connectivity index (χ1v) is 8.68. The van der Waals surface area contributed by atoms with E-state index in [0.717, 1.165) is 0 Å². The Morgan fingerprint density at radius 2 is 1.41 bits per heavy atom. The standard InChI is InChI=1S/C20H23NO6/c1-5-25-19(23)14-7-9-15(10-8-14)27-11-16(22)17-12(3)21-13(4)18(17)20(24)26-6-2/h7-10,21H,5-6,11H2,1-4H3. The second kappa shape index (κ2) is 9.02. The summed E-state index contributed by atoms with van der Waals surface area (Å²) in [6, 6.07) is 6.29. The third kappa shape index (κ3) is 4.75. The van der Waals surface area contributed by atoms with Crippen molar-refractivity contribution in [3.63, 3.8) is 0 Å². The predicted molar refractivity (Wildman–Crippen MR) is 98.4 cm³/mol. The molecular weight excluding hydrogens is 350 g/mol.